The van der Waals surface area contributed by atoms with Gasteiger partial charge in [-0.2, -0.15) is 0 Å². The first-order valence-corrected chi connectivity index (χ1v) is 8.93. The van der Waals surface area contributed by atoms with Crippen molar-refractivity contribution < 1.29 is 9.53 Å². The predicted molar refractivity (Wildman–Crippen MR) is 109 cm³/mol. The number of nitrogens with one attached hydrogen (secondary N) is 1. The van der Waals surface area contributed by atoms with Gasteiger partial charge in [0.1, 0.15) is 11.4 Å². The van der Waals surface area contributed by atoms with Crippen LogP contribution < -0.4 is 15.0 Å². The molecule has 3 aromatic rings. The fraction of sp³-hybridized carbons (Fsp3) is 0.143. The number of amides is 1. The first-order chi connectivity index (χ1) is 13.1. The minimum atomic E-state index is -0.300. The Hall–Kier alpha value is -3.05. The van der Waals surface area contributed by atoms with Crippen molar-refractivity contribution in [1.29, 1.82) is 0 Å². The Bertz CT molecular complexity index is 914. The van der Waals surface area contributed by atoms with E-state index in [1.807, 2.05) is 36.4 Å². The van der Waals surface area contributed by atoms with Gasteiger partial charge < -0.3 is 15.0 Å². The lowest BCUT2D eigenvalue weighted by atomic mass is 10.2. The van der Waals surface area contributed by atoms with Gasteiger partial charge in [-0.25, -0.2) is 4.98 Å². The Morgan fingerprint density at radius 3 is 2.48 bits per heavy atom. The molecule has 138 valence electrons. The van der Waals surface area contributed by atoms with Gasteiger partial charge in [0.2, 0.25) is 0 Å². The number of anilines is 3. The standard InChI is InChI=1S/C21H20ClN3O2/c1-3-25(16-7-5-4-6-8-16)17-10-11-19(23-14-17)21(26)24-15-9-12-20(27-2)18(22)13-15/h4-14H,3H2,1-2H3,(H,24,26). The number of benzene rings is 2. The van der Waals surface area contributed by atoms with Crippen LogP contribution in [0.25, 0.3) is 0 Å². The van der Waals surface area contributed by atoms with E-state index < -0.39 is 0 Å². The molecular formula is C21H20ClN3O2. The van der Waals surface area contributed by atoms with Gasteiger partial charge in [-0.05, 0) is 49.4 Å². The van der Waals surface area contributed by atoms with Gasteiger partial charge >= 0.3 is 0 Å². The van der Waals surface area contributed by atoms with Crippen LogP contribution in [0.15, 0.2) is 66.9 Å². The fourth-order valence-electron chi connectivity index (χ4n) is 2.74. The van der Waals surface area contributed by atoms with Crippen molar-refractivity contribution in [3.8, 4) is 5.75 Å². The molecule has 0 aliphatic heterocycles. The van der Waals surface area contributed by atoms with Crippen LogP contribution in [0.1, 0.15) is 17.4 Å². The third-order valence-corrected chi connectivity index (χ3v) is 4.38. The van der Waals surface area contributed by atoms with Gasteiger partial charge in [0.05, 0.1) is 24.0 Å². The fourth-order valence-corrected chi connectivity index (χ4v) is 3.00. The average molecular weight is 382 g/mol. The maximum atomic E-state index is 12.4. The van der Waals surface area contributed by atoms with Gasteiger partial charge in [-0.15, -0.1) is 0 Å². The van der Waals surface area contributed by atoms with Crippen molar-refractivity contribution in [3.63, 3.8) is 0 Å². The normalized spacial score (nSPS) is 10.3. The smallest absolute Gasteiger partial charge is 0.274 e. The molecule has 6 heteroatoms. The van der Waals surface area contributed by atoms with Gasteiger partial charge in [-0.3, -0.25) is 4.79 Å². The third-order valence-electron chi connectivity index (χ3n) is 4.09. The zero-order valence-electron chi connectivity index (χ0n) is 15.1. The van der Waals surface area contributed by atoms with Crippen LogP contribution in [-0.4, -0.2) is 24.5 Å². The Balaban J connectivity index is 1.74. The first kappa shape index (κ1) is 18.7. The van der Waals surface area contributed by atoms with Gasteiger partial charge in [0.15, 0.2) is 0 Å². The molecule has 0 saturated heterocycles. The van der Waals surface area contributed by atoms with Crippen LogP contribution in [0.2, 0.25) is 5.02 Å². The largest absolute Gasteiger partial charge is 0.495 e. The Kier molecular flexibility index (Phi) is 5.94. The Morgan fingerprint density at radius 1 is 1.11 bits per heavy atom. The van der Waals surface area contributed by atoms with Crippen molar-refractivity contribution in [3.05, 3.63) is 77.6 Å². The molecule has 2 aromatic carbocycles. The number of nitrogens with zero attached hydrogens (tertiary/aromatic N) is 2. The number of rotatable bonds is 6. The summed E-state index contributed by atoms with van der Waals surface area (Å²) in [6.07, 6.45) is 1.70. The zero-order chi connectivity index (χ0) is 19.2. The van der Waals surface area contributed by atoms with E-state index >= 15 is 0 Å². The monoisotopic (exact) mass is 381 g/mol. The molecule has 1 heterocycles. The summed E-state index contributed by atoms with van der Waals surface area (Å²) in [7, 11) is 1.54. The van der Waals surface area contributed by atoms with Crippen LogP contribution >= 0.6 is 11.6 Å². The summed E-state index contributed by atoms with van der Waals surface area (Å²) in [5.41, 5.74) is 2.91. The summed E-state index contributed by atoms with van der Waals surface area (Å²) in [4.78, 5) is 18.9. The number of aromatic nitrogens is 1. The lowest BCUT2D eigenvalue weighted by Gasteiger charge is -2.22. The van der Waals surface area contributed by atoms with Crippen LogP contribution in [0, 0.1) is 0 Å². The molecule has 0 atom stereocenters. The molecule has 0 bridgehead atoms. The second kappa shape index (κ2) is 8.56. The van der Waals surface area contributed by atoms with E-state index in [1.165, 1.54) is 0 Å². The highest BCUT2D eigenvalue weighted by Crippen LogP contribution is 2.28. The third kappa shape index (κ3) is 4.38. The molecule has 0 unspecified atom stereocenters. The van der Waals surface area contributed by atoms with E-state index in [1.54, 1.807) is 37.6 Å². The molecule has 0 saturated carbocycles. The summed E-state index contributed by atoms with van der Waals surface area (Å²) in [6, 6.07) is 18.7. The predicted octanol–water partition coefficient (Wildman–Crippen LogP) is 5.15. The number of carbonyl (C=O) groups is 1. The highest BCUT2D eigenvalue weighted by atomic mass is 35.5. The van der Waals surface area contributed by atoms with E-state index in [4.69, 9.17) is 16.3 Å². The SMILES string of the molecule is CCN(c1ccccc1)c1ccc(C(=O)Nc2ccc(OC)c(Cl)c2)nc1. The number of halogens is 1. The van der Waals surface area contributed by atoms with E-state index in [2.05, 4.69) is 22.1 Å². The molecule has 0 spiro atoms. The molecule has 0 fully saturated rings. The molecule has 27 heavy (non-hydrogen) atoms. The number of pyridine rings is 1. The summed E-state index contributed by atoms with van der Waals surface area (Å²) >= 11 is 6.09. The lowest BCUT2D eigenvalue weighted by molar-refractivity contribution is 0.102. The Morgan fingerprint density at radius 2 is 1.89 bits per heavy atom. The van der Waals surface area contributed by atoms with Crippen molar-refractivity contribution >= 4 is 34.6 Å². The maximum Gasteiger partial charge on any atom is 0.274 e. The minimum Gasteiger partial charge on any atom is -0.495 e. The molecule has 3 rings (SSSR count). The summed E-state index contributed by atoms with van der Waals surface area (Å²) < 4.78 is 5.11. The maximum absolute atomic E-state index is 12.4. The number of hydrogen-bond acceptors (Lipinski definition) is 4. The molecule has 0 aliphatic rings. The van der Waals surface area contributed by atoms with Crippen molar-refractivity contribution in [2.24, 2.45) is 0 Å². The van der Waals surface area contributed by atoms with Gasteiger partial charge in [-0.1, -0.05) is 29.8 Å². The highest BCUT2D eigenvalue weighted by Gasteiger charge is 2.12. The lowest BCUT2D eigenvalue weighted by Crippen LogP contribution is -2.17. The molecule has 1 aromatic heterocycles. The molecule has 1 amide bonds. The first-order valence-electron chi connectivity index (χ1n) is 8.56. The van der Waals surface area contributed by atoms with Crippen LogP contribution in [0.4, 0.5) is 17.1 Å². The van der Waals surface area contributed by atoms with E-state index in [9.17, 15) is 4.79 Å². The van der Waals surface area contributed by atoms with E-state index in [0.717, 1.165) is 17.9 Å². The van der Waals surface area contributed by atoms with Crippen LogP contribution in [-0.2, 0) is 0 Å². The van der Waals surface area contributed by atoms with Crippen LogP contribution in [0.5, 0.6) is 5.75 Å². The van der Waals surface area contributed by atoms with Gasteiger partial charge in [0.25, 0.3) is 5.91 Å². The topological polar surface area (TPSA) is 54.5 Å². The molecular weight excluding hydrogens is 362 g/mol. The van der Waals surface area contributed by atoms with E-state index in [-0.39, 0.29) is 5.91 Å². The molecule has 1 N–H and O–H groups in total. The minimum absolute atomic E-state index is 0.300. The number of hydrogen-bond donors (Lipinski definition) is 1. The van der Waals surface area contributed by atoms with Crippen molar-refractivity contribution in [2.45, 2.75) is 6.92 Å². The summed E-state index contributed by atoms with van der Waals surface area (Å²) in [6.45, 7) is 2.86. The van der Waals surface area contributed by atoms with E-state index in [0.29, 0.717) is 22.2 Å². The number of carbonyl (C=O) groups excluding carboxylic acids is 1. The van der Waals surface area contributed by atoms with Crippen molar-refractivity contribution in [2.75, 3.05) is 23.9 Å². The zero-order valence-corrected chi connectivity index (χ0v) is 15.9. The second-order valence-electron chi connectivity index (χ2n) is 5.78. The summed E-state index contributed by atoms with van der Waals surface area (Å²) in [5.74, 6) is 0.253. The number of para-hydroxylation sites is 1. The average Bonchev–Trinajstić information content (AvgIpc) is 2.70. The Labute approximate surface area is 163 Å². The molecule has 5 nitrogen and oxygen atoms in total. The van der Waals surface area contributed by atoms with Gasteiger partial charge in [0, 0.05) is 17.9 Å². The molecule has 0 aliphatic carbocycles. The quantitative estimate of drug-likeness (QED) is 0.641. The summed E-state index contributed by atoms with van der Waals surface area (Å²) in [5, 5.41) is 3.22. The molecule has 0 radical (unpaired) electrons. The second-order valence-corrected chi connectivity index (χ2v) is 6.19. The van der Waals surface area contributed by atoms with Crippen LogP contribution in [0.3, 0.4) is 0 Å². The number of ether oxygens (including phenoxy) is 1. The highest BCUT2D eigenvalue weighted by molar-refractivity contribution is 6.32. The number of methoxy groups -OCH3 is 1. The van der Waals surface area contributed by atoms with Crippen molar-refractivity contribution in [1.82, 2.24) is 4.98 Å².